The second-order valence-electron chi connectivity index (χ2n) is 7.98. The van der Waals surface area contributed by atoms with E-state index in [9.17, 15) is 9.59 Å². The number of benzene rings is 1. The minimum atomic E-state index is -0.374. The first-order valence-corrected chi connectivity index (χ1v) is 11.4. The second kappa shape index (κ2) is 9.77. The number of nitrogens with two attached hydrogens (primary N) is 1. The van der Waals surface area contributed by atoms with Gasteiger partial charge in [-0.2, -0.15) is 0 Å². The van der Waals surface area contributed by atoms with Crippen LogP contribution in [-0.4, -0.2) is 49.7 Å². The van der Waals surface area contributed by atoms with Crippen molar-refractivity contribution >= 4 is 52.3 Å². The Bertz CT molecular complexity index is 944. The molecule has 1 aromatic carbocycles. The summed E-state index contributed by atoms with van der Waals surface area (Å²) in [7, 11) is 1.36. The normalized spacial score (nSPS) is 23.6. The van der Waals surface area contributed by atoms with Crippen LogP contribution in [0.25, 0.3) is 0 Å². The van der Waals surface area contributed by atoms with E-state index in [2.05, 4.69) is 6.07 Å². The first kappa shape index (κ1) is 23.9. The van der Waals surface area contributed by atoms with Crippen molar-refractivity contribution in [2.45, 2.75) is 37.1 Å². The summed E-state index contributed by atoms with van der Waals surface area (Å²) in [6.07, 6.45) is 3.70. The van der Waals surface area contributed by atoms with E-state index in [0.717, 1.165) is 35.7 Å². The van der Waals surface area contributed by atoms with Crippen LogP contribution in [0.2, 0.25) is 5.02 Å². The maximum atomic E-state index is 13.1. The lowest BCUT2D eigenvalue weighted by atomic mass is 9.68. The maximum absolute atomic E-state index is 13.1. The Morgan fingerprint density at radius 3 is 2.65 bits per heavy atom. The number of anilines is 1. The third-order valence-corrected chi connectivity index (χ3v) is 7.79. The summed E-state index contributed by atoms with van der Waals surface area (Å²) in [4.78, 5) is 29.1. The van der Waals surface area contributed by atoms with E-state index in [0.29, 0.717) is 24.5 Å². The molecule has 1 saturated carbocycles. The van der Waals surface area contributed by atoms with Crippen LogP contribution in [0.1, 0.15) is 40.9 Å². The summed E-state index contributed by atoms with van der Waals surface area (Å²) in [5.74, 6) is -0.374. The van der Waals surface area contributed by atoms with E-state index in [4.69, 9.17) is 22.1 Å². The molecule has 31 heavy (non-hydrogen) atoms. The average Bonchev–Trinajstić information content (AvgIpc) is 3.40. The van der Waals surface area contributed by atoms with E-state index in [1.165, 1.54) is 24.0 Å². The van der Waals surface area contributed by atoms with Crippen molar-refractivity contribution in [3.8, 4) is 0 Å². The number of hydrogen-bond acceptors (Lipinski definition) is 5. The van der Waals surface area contributed by atoms with Crippen LogP contribution in [0.3, 0.4) is 0 Å². The lowest BCUT2D eigenvalue weighted by Gasteiger charge is -2.42. The van der Waals surface area contributed by atoms with Crippen LogP contribution in [0, 0.1) is 0 Å². The van der Waals surface area contributed by atoms with Gasteiger partial charge in [0.15, 0.2) is 0 Å². The lowest BCUT2D eigenvalue weighted by molar-refractivity contribution is 0.0606. The van der Waals surface area contributed by atoms with Crippen molar-refractivity contribution in [3.05, 3.63) is 51.9 Å². The number of nitrogens with zero attached hydrogens (tertiary/aromatic N) is 2. The van der Waals surface area contributed by atoms with Crippen molar-refractivity contribution in [2.75, 3.05) is 31.6 Å². The molecule has 4 rings (SSSR count). The molecule has 2 aliphatic rings. The van der Waals surface area contributed by atoms with Crippen LogP contribution in [0.5, 0.6) is 0 Å². The number of carbonyl (C=O) groups excluding carboxylic acids is 2. The van der Waals surface area contributed by atoms with Gasteiger partial charge in [0, 0.05) is 36.1 Å². The predicted molar refractivity (Wildman–Crippen MR) is 127 cm³/mol. The molecular formula is C22H27Cl2N3O3S. The summed E-state index contributed by atoms with van der Waals surface area (Å²) in [6.45, 7) is 1.90. The van der Waals surface area contributed by atoms with Gasteiger partial charge in [-0.05, 0) is 55.5 Å². The van der Waals surface area contributed by atoms with Crippen molar-refractivity contribution in [1.82, 2.24) is 4.90 Å². The SMILES string of the molecule is COC(=O)c1ccc(N2CCN([C@H]3CC[C@](CN)(c4cccc(Cl)c4)CC3)C2=O)s1.Cl. The van der Waals surface area contributed by atoms with E-state index in [1.54, 1.807) is 11.0 Å². The van der Waals surface area contributed by atoms with Gasteiger partial charge < -0.3 is 15.4 Å². The molecule has 9 heteroatoms. The minimum Gasteiger partial charge on any atom is -0.465 e. The molecule has 2 heterocycles. The van der Waals surface area contributed by atoms with Crippen LogP contribution in [-0.2, 0) is 10.2 Å². The van der Waals surface area contributed by atoms with E-state index in [1.807, 2.05) is 29.2 Å². The van der Waals surface area contributed by atoms with Gasteiger partial charge in [-0.15, -0.1) is 23.7 Å². The highest BCUT2D eigenvalue weighted by Crippen LogP contribution is 2.42. The first-order valence-electron chi connectivity index (χ1n) is 10.2. The van der Waals surface area contributed by atoms with Gasteiger partial charge in [0.25, 0.3) is 0 Å². The van der Waals surface area contributed by atoms with Crippen LogP contribution in [0.15, 0.2) is 36.4 Å². The topological polar surface area (TPSA) is 75.9 Å². The maximum Gasteiger partial charge on any atom is 0.348 e. The fraction of sp³-hybridized carbons (Fsp3) is 0.455. The van der Waals surface area contributed by atoms with Crippen molar-refractivity contribution < 1.29 is 14.3 Å². The molecule has 2 amide bonds. The average molecular weight is 484 g/mol. The molecule has 2 fully saturated rings. The number of amides is 2. The highest BCUT2D eigenvalue weighted by molar-refractivity contribution is 7.18. The van der Waals surface area contributed by atoms with Crippen molar-refractivity contribution in [2.24, 2.45) is 5.73 Å². The Morgan fingerprint density at radius 1 is 1.26 bits per heavy atom. The number of ether oxygens (including phenoxy) is 1. The Balaban J connectivity index is 0.00000272. The van der Waals surface area contributed by atoms with Gasteiger partial charge in [-0.25, -0.2) is 9.59 Å². The van der Waals surface area contributed by atoms with Crippen LogP contribution < -0.4 is 10.6 Å². The number of halogens is 2. The molecule has 1 aliphatic carbocycles. The summed E-state index contributed by atoms with van der Waals surface area (Å²) in [5, 5.41) is 1.52. The third kappa shape index (κ3) is 4.55. The van der Waals surface area contributed by atoms with Crippen LogP contribution in [0.4, 0.5) is 9.80 Å². The van der Waals surface area contributed by atoms with Crippen molar-refractivity contribution in [3.63, 3.8) is 0 Å². The van der Waals surface area contributed by atoms with Gasteiger partial charge in [0.1, 0.15) is 4.88 Å². The molecule has 0 atom stereocenters. The monoisotopic (exact) mass is 483 g/mol. The number of esters is 1. The smallest absolute Gasteiger partial charge is 0.348 e. The molecule has 1 saturated heterocycles. The summed E-state index contributed by atoms with van der Waals surface area (Å²) in [6, 6.07) is 11.7. The van der Waals surface area contributed by atoms with Crippen molar-refractivity contribution in [1.29, 1.82) is 0 Å². The Labute approximate surface area is 197 Å². The lowest BCUT2D eigenvalue weighted by Crippen LogP contribution is -2.46. The zero-order valence-electron chi connectivity index (χ0n) is 17.4. The summed E-state index contributed by atoms with van der Waals surface area (Å²) < 4.78 is 4.77. The zero-order chi connectivity index (χ0) is 21.3. The molecule has 0 bridgehead atoms. The largest absolute Gasteiger partial charge is 0.465 e. The van der Waals surface area contributed by atoms with E-state index < -0.39 is 0 Å². The predicted octanol–water partition coefficient (Wildman–Crippen LogP) is 4.69. The highest BCUT2D eigenvalue weighted by Gasteiger charge is 2.41. The zero-order valence-corrected chi connectivity index (χ0v) is 19.8. The second-order valence-corrected chi connectivity index (χ2v) is 9.48. The molecule has 2 N–H and O–H groups in total. The molecule has 2 aromatic rings. The molecule has 6 nitrogen and oxygen atoms in total. The highest BCUT2D eigenvalue weighted by atomic mass is 35.5. The van der Waals surface area contributed by atoms with E-state index >= 15 is 0 Å². The van der Waals surface area contributed by atoms with Gasteiger partial charge in [-0.1, -0.05) is 23.7 Å². The fourth-order valence-corrected chi connectivity index (χ4v) is 5.81. The summed E-state index contributed by atoms with van der Waals surface area (Å²) >= 11 is 7.50. The van der Waals surface area contributed by atoms with E-state index in [-0.39, 0.29) is 35.9 Å². The van der Waals surface area contributed by atoms with Gasteiger partial charge in [0.2, 0.25) is 0 Å². The number of hydrogen-bond donors (Lipinski definition) is 1. The number of carbonyl (C=O) groups is 2. The summed E-state index contributed by atoms with van der Waals surface area (Å²) in [5.41, 5.74) is 7.33. The number of methoxy groups -OCH3 is 1. The number of rotatable bonds is 5. The minimum absolute atomic E-state index is 0. The molecule has 1 aliphatic heterocycles. The number of thiophene rings is 1. The molecule has 0 radical (unpaired) electrons. The first-order chi connectivity index (χ1) is 14.5. The van der Waals surface area contributed by atoms with Gasteiger partial charge in [0.05, 0.1) is 12.1 Å². The third-order valence-electron chi connectivity index (χ3n) is 6.47. The molecular weight excluding hydrogens is 457 g/mol. The molecule has 168 valence electrons. The molecule has 0 unspecified atom stereocenters. The number of urea groups is 1. The standard InChI is InChI=1S/C22H26ClN3O3S.ClH/c1-29-20(27)18-5-6-19(30-18)26-12-11-25(21(26)28)17-7-9-22(14-24,10-8-17)15-3-2-4-16(23)13-15;/h2-6,13,17H,7-12,14,24H2,1H3;1H/t17-,22-;. The van der Waals surface area contributed by atoms with Crippen LogP contribution >= 0.6 is 35.3 Å². The van der Waals surface area contributed by atoms with Gasteiger partial charge >= 0.3 is 12.0 Å². The Hall–Kier alpha value is -1.80. The van der Waals surface area contributed by atoms with Gasteiger partial charge in [-0.3, -0.25) is 4.90 Å². The Morgan fingerprint density at radius 2 is 2.00 bits per heavy atom. The quantitative estimate of drug-likeness (QED) is 0.625. The Kier molecular flexibility index (Phi) is 7.52. The molecule has 0 spiro atoms. The fourth-order valence-electron chi connectivity index (χ4n) is 4.68. The molecule has 1 aromatic heterocycles.